The van der Waals surface area contributed by atoms with Gasteiger partial charge in [0.2, 0.25) is 0 Å². The maximum Gasteiger partial charge on any atom is 0.326 e. The summed E-state index contributed by atoms with van der Waals surface area (Å²) < 4.78 is 5.20. The molecule has 0 bridgehead atoms. The molecule has 0 radical (unpaired) electrons. The minimum Gasteiger partial charge on any atom is -0.495 e. The number of urea groups is 1. The number of ether oxygens (including phenoxy) is 1. The maximum absolute atomic E-state index is 12.2. The van der Waals surface area contributed by atoms with Gasteiger partial charge in [0.1, 0.15) is 5.75 Å². The highest BCUT2D eigenvalue weighted by atomic mass is 16.5. The number of nitrogens with one attached hydrogen (secondary N) is 1. The van der Waals surface area contributed by atoms with Gasteiger partial charge in [0.25, 0.3) is 0 Å². The molecule has 0 aliphatic heterocycles. The standard InChI is InChI=1S/C15H17N3O2/c1-18(12-7-5-6-11(16)10-12)15(19)17-13-8-3-4-9-14(13)20-2/h3-10H,16H2,1-2H3,(H,17,19). The summed E-state index contributed by atoms with van der Waals surface area (Å²) >= 11 is 0. The number of nitrogen functional groups attached to an aromatic ring is 1. The van der Waals surface area contributed by atoms with Gasteiger partial charge in [-0.2, -0.15) is 0 Å². The first-order valence-electron chi connectivity index (χ1n) is 6.15. The molecule has 0 heterocycles. The van der Waals surface area contributed by atoms with Crippen molar-refractivity contribution >= 4 is 23.1 Å². The number of amides is 2. The predicted octanol–water partition coefficient (Wildman–Crippen LogP) is 2.95. The van der Waals surface area contributed by atoms with Crippen LogP contribution >= 0.6 is 0 Å². The lowest BCUT2D eigenvalue weighted by atomic mass is 10.2. The highest BCUT2D eigenvalue weighted by Crippen LogP contribution is 2.24. The predicted molar refractivity (Wildman–Crippen MR) is 81.3 cm³/mol. The van der Waals surface area contributed by atoms with Gasteiger partial charge in [0, 0.05) is 18.4 Å². The Morgan fingerprint density at radius 3 is 2.65 bits per heavy atom. The van der Waals surface area contributed by atoms with Crippen molar-refractivity contribution in [3.63, 3.8) is 0 Å². The van der Waals surface area contributed by atoms with E-state index >= 15 is 0 Å². The third-order valence-electron chi connectivity index (χ3n) is 2.91. The first-order valence-corrected chi connectivity index (χ1v) is 6.15. The summed E-state index contributed by atoms with van der Waals surface area (Å²) in [6.07, 6.45) is 0. The number of nitrogens with zero attached hydrogens (tertiary/aromatic N) is 1. The Kier molecular flexibility index (Phi) is 4.10. The number of para-hydroxylation sites is 2. The van der Waals surface area contributed by atoms with Crippen LogP contribution in [0.1, 0.15) is 0 Å². The average Bonchev–Trinajstić information content (AvgIpc) is 2.47. The monoisotopic (exact) mass is 271 g/mol. The van der Waals surface area contributed by atoms with Crippen LogP contribution in [0.15, 0.2) is 48.5 Å². The van der Waals surface area contributed by atoms with Crippen LogP contribution in [0.3, 0.4) is 0 Å². The van der Waals surface area contributed by atoms with Gasteiger partial charge in [-0.05, 0) is 30.3 Å². The van der Waals surface area contributed by atoms with Gasteiger partial charge in [-0.3, -0.25) is 4.90 Å². The molecule has 0 aliphatic carbocycles. The summed E-state index contributed by atoms with van der Waals surface area (Å²) in [7, 11) is 3.24. The Hall–Kier alpha value is -2.69. The fourth-order valence-corrected chi connectivity index (χ4v) is 1.80. The lowest BCUT2D eigenvalue weighted by molar-refractivity contribution is 0.258. The second kappa shape index (κ2) is 5.97. The summed E-state index contributed by atoms with van der Waals surface area (Å²) in [5, 5.41) is 2.80. The zero-order chi connectivity index (χ0) is 14.5. The molecular formula is C15H17N3O2. The first-order chi connectivity index (χ1) is 9.61. The molecule has 5 nitrogen and oxygen atoms in total. The van der Waals surface area contributed by atoms with Gasteiger partial charge < -0.3 is 15.8 Å². The number of carbonyl (C=O) groups is 1. The first kappa shape index (κ1) is 13.7. The van der Waals surface area contributed by atoms with E-state index in [0.29, 0.717) is 17.1 Å². The Bertz CT molecular complexity index is 614. The number of carbonyl (C=O) groups excluding carboxylic acids is 1. The van der Waals surface area contributed by atoms with Crippen molar-refractivity contribution in [3.05, 3.63) is 48.5 Å². The molecule has 2 aromatic rings. The molecule has 0 aliphatic rings. The summed E-state index contributed by atoms with van der Waals surface area (Å²) in [5.74, 6) is 0.613. The van der Waals surface area contributed by atoms with Gasteiger partial charge in [0.15, 0.2) is 0 Å². The van der Waals surface area contributed by atoms with Crippen molar-refractivity contribution in [1.82, 2.24) is 0 Å². The van der Waals surface area contributed by atoms with Crippen molar-refractivity contribution in [2.75, 3.05) is 30.1 Å². The van der Waals surface area contributed by atoms with Gasteiger partial charge in [0.05, 0.1) is 12.8 Å². The number of rotatable bonds is 3. The van der Waals surface area contributed by atoms with Crippen LogP contribution in [0.5, 0.6) is 5.75 Å². The van der Waals surface area contributed by atoms with E-state index in [4.69, 9.17) is 10.5 Å². The van der Waals surface area contributed by atoms with Gasteiger partial charge in [-0.25, -0.2) is 4.79 Å². The fourth-order valence-electron chi connectivity index (χ4n) is 1.80. The van der Waals surface area contributed by atoms with Crippen LogP contribution in [-0.2, 0) is 0 Å². The number of hydrogen-bond donors (Lipinski definition) is 2. The minimum atomic E-state index is -0.264. The molecule has 2 rings (SSSR count). The van der Waals surface area contributed by atoms with E-state index in [9.17, 15) is 4.79 Å². The normalized spacial score (nSPS) is 9.90. The topological polar surface area (TPSA) is 67.6 Å². The number of anilines is 3. The molecule has 0 fully saturated rings. The van der Waals surface area contributed by atoms with E-state index in [1.54, 1.807) is 44.5 Å². The van der Waals surface area contributed by atoms with Crippen LogP contribution in [0.25, 0.3) is 0 Å². The lowest BCUT2D eigenvalue weighted by Gasteiger charge is -2.19. The molecule has 0 saturated heterocycles. The zero-order valence-electron chi connectivity index (χ0n) is 11.5. The van der Waals surface area contributed by atoms with Gasteiger partial charge in [-0.15, -0.1) is 0 Å². The van der Waals surface area contributed by atoms with Gasteiger partial charge in [-0.1, -0.05) is 18.2 Å². The SMILES string of the molecule is COc1ccccc1NC(=O)N(C)c1cccc(N)c1. The smallest absolute Gasteiger partial charge is 0.326 e. The summed E-state index contributed by atoms with van der Waals surface area (Å²) in [6, 6.07) is 14.1. The van der Waals surface area contributed by atoms with E-state index in [0.717, 1.165) is 5.69 Å². The molecule has 104 valence electrons. The highest BCUT2D eigenvalue weighted by molar-refractivity contribution is 6.02. The number of benzene rings is 2. The molecule has 5 heteroatoms. The van der Waals surface area contributed by atoms with Crippen LogP contribution in [-0.4, -0.2) is 20.2 Å². The van der Waals surface area contributed by atoms with Crippen molar-refractivity contribution < 1.29 is 9.53 Å². The third-order valence-corrected chi connectivity index (χ3v) is 2.91. The molecule has 2 aromatic carbocycles. The average molecular weight is 271 g/mol. The van der Waals surface area contributed by atoms with Crippen LogP contribution in [0.2, 0.25) is 0 Å². The van der Waals surface area contributed by atoms with E-state index in [-0.39, 0.29) is 6.03 Å². The molecular weight excluding hydrogens is 254 g/mol. The molecule has 0 atom stereocenters. The largest absolute Gasteiger partial charge is 0.495 e. The van der Waals surface area contributed by atoms with Crippen LogP contribution in [0, 0.1) is 0 Å². The molecule has 20 heavy (non-hydrogen) atoms. The van der Waals surface area contributed by atoms with Crippen molar-refractivity contribution in [2.24, 2.45) is 0 Å². The maximum atomic E-state index is 12.2. The third kappa shape index (κ3) is 3.00. The van der Waals surface area contributed by atoms with Crippen LogP contribution < -0.4 is 20.7 Å². The summed E-state index contributed by atoms with van der Waals surface area (Å²) in [6.45, 7) is 0. The van der Waals surface area contributed by atoms with E-state index in [2.05, 4.69) is 5.32 Å². The Balaban J connectivity index is 2.15. The Labute approximate surface area is 118 Å². The summed E-state index contributed by atoms with van der Waals surface area (Å²) in [5.41, 5.74) is 7.67. The highest BCUT2D eigenvalue weighted by Gasteiger charge is 2.13. The van der Waals surface area contributed by atoms with Crippen LogP contribution in [0.4, 0.5) is 21.9 Å². The quantitative estimate of drug-likeness (QED) is 0.843. The number of methoxy groups -OCH3 is 1. The molecule has 0 aromatic heterocycles. The molecule has 0 unspecified atom stereocenters. The van der Waals surface area contributed by atoms with E-state index < -0.39 is 0 Å². The van der Waals surface area contributed by atoms with Crippen molar-refractivity contribution in [1.29, 1.82) is 0 Å². The summed E-state index contributed by atoms with van der Waals surface area (Å²) in [4.78, 5) is 13.7. The lowest BCUT2D eigenvalue weighted by Crippen LogP contribution is -2.31. The molecule has 0 spiro atoms. The number of hydrogen-bond acceptors (Lipinski definition) is 3. The van der Waals surface area contributed by atoms with Crippen molar-refractivity contribution in [2.45, 2.75) is 0 Å². The van der Waals surface area contributed by atoms with Crippen molar-refractivity contribution in [3.8, 4) is 5.75 Å². The van der Waals surface area contributed by atoms with E-state index in [1.807, 2.05) is 18.2 Å². The molecule has 2 amide bonds. The molecule has 3 N–H and O–H groups in total. The second-order valence-electron chi connectivity index (χ2n) is 4.28. The second-order valence-corrected chi connectivity index (χ2v) is 4.28. The van der Waals surface area contributed by atoms with E-state index in [1.165, 1.54) is 4.90 Å². The molecule has 0 saturated carbocycles. The Morgan fingerprint density at radius 2 is 1.95 bits per heavy atom. The fraction of sp³-hybridized carbons (Fsp3) is 0.133. The zero-order valence-corrected chi connectivity index (χ0v) is 11.5. The van der Waals surface area contributed by atoms with Gasteiger partial charge >= 0.3 is 6.03 Å². The minimum absolute atomic E-state index is 0.264. The number of nitrogens with two attached hydrogens (primary N) is 1. The Morgan fingerprint density at radius 1 is 1.20 bits per heavy atom.